The molecule has 0 atom stereocenters. The zero-order valence-corrected chi connectivity index (χ0v) is 15.2. The van der Waals surface area contributed by atoms with E-state index >= 15 is 0 Å². The summed E-state index contributed by atoms with van der Waals surface area (Å²) < 4.78 is 12.7. The van der Waals surface area contributed by atoms with E-state index in [1.807, 2.05) is 48.7 Å². The molecule has 5 rings (SSSR count). The Morgan fingerprint density at radius 2 is 1.85 bits per heavy atom. The molecule has 0 spiro atoms. The predicted molar refractivity (Wildman–Crippen MR) is 103 cm³/mol. The SMILES string of the molecule is COc1ccc(OCc2nnc3sc(-c4c[nH]c5ccccc45)nn23)cc1. The Bertz CT molecular complexity index is 1220. The Morgan fingerprint density at radius 3 is 2.70 bits per heavy atom. The molecule has 0 radical (unpaired) electrons. The summed E-state index contributed by atoms with van der Waals surface area (Å²) in [6.07, 6.45) is 1.98. The molecule has 0 amide bonds. The molecule has 0 aliphatic heterocycles. The van der Waals surface area contributed by atoms with Crippen molar-refractivity contribution in [3.63, 3.8) is 0 Å². The van der Waals surface area contributed by atoms with Gasteiger partial charge in [-0.3, -0.25) is 0 Å². The number of hydrogen-bond donors (Lipinski definition) is 1. The van der Waals surface area contributed by atoms with Crippen LogP contribution >= 0.6 is 11.3 Å². The van der Waals surface area contributed by atoms with E-state index in [0.29, 0.717) is 5.82 Å². The van der Waals surface area contributed by atoms with Crippen molar-refractivity contribution in [2.75, 3.05) is 7.11 Å². The number of rotatable bonds is 5. The van der Waals surface area contributed by atoms with Gasteiger partial charge in [-0.1, -0.05) is 29.5 Å². The molecule has 134 valence electrons. The van der Waals surface area contributed by atoms with Crippen LogP contribution in [0.1, 0.15) is 5.82 Å². The fourth-order valence-electron chi connectivity index (χ4n) is 2.92. The second kappa shape index (κ2) is 6.40. The van der Waals surface area contributed by atoms with Crippen LogP contribution < -0.4 is 9.47 Å². The Morgan fingerprint density at radius 1 is 1.04 bits per heavy atom. The van der Waals surface area contributed by atoms with Crippen molar-refractivity contribution < 1.29 is 9.47 Å². The average molecular weight is 377 g/mol. The number of aromatic nitrogens is 5. The molecule has 2 aromatic carbocycles. The molecule has 5 aromatic rings. The first kappa shape index (κ1) is 15.8. The molecule has 8 heteroatoms. The number of nitrogens with zero attached hydrogens (tertiary/aromatic N) is 4. The minimum absolute atomic E-state index is 0.282. The van der Waals surface area contributed by atoms with Gasteiger partial charge in [-0.15, -0.1) is 10.2 Å². The number of nitrogens with one attached hydrogen (secondary N) is 1. The highest BCUT2D eigenvalue weighted by molar-refractivity contribution is 7.19. The minimum Gasteiger partial charge on any atom is -0.497 e. The van der Waals surface area contributed by atoms with E-state index in [1.54, 1.807) is 11.6 Å². The molecule has 0 saturated heterocycles. The molecule has 0 bridgehead atoms. The van der Waals surface area contributed by atoms with Gasteiger partial charge in [0.25, 0.3) is 0 Å². The summed E-state index contributed by atoms with van der Waals surface area (Å²) in [5.74, 6) is 2.18. The number of fused-ring (bicyclic) bond motifs is 2. The Hall–Kier alpha value is -3.39. The van der Waals surface area contributed by atoms with Crippen molar-refractivity contribution in [2.24, 2.45) is 0 Å². The summed E-state index contributed by atoms with van der Waals surface area (Å²) >= 11 is 1.50. The lowest BCUT2D eigenvalue weighted by Gasteiger charge is -2.05. The Kier molecular flexibility index (Phi) is 3.75. The van der Waals surface area contributed by atoms with E-state index in [0.717, 1.165) is 37.9 Å². The molecule has 3 heterocycles. The number of benzene rings is 2. The van der Waals surface area contributed by atoms with Crippen LogP contribution in [-0.2, 0) is 6.61 Å². The van der Waals surface area contributed by atoms with E-state index in [4.69, 9.17) is 14.6 Å². The largest absolute Gasteiger partial charge is 0.497 e. The number of methoxy groups -OCH3 is 1. The van der Waals surface area contributed by atoms with Crippen molar-refractivity contribution in [3.05, 3.63) is 60.6 Å². The van der Waals surface area contributed by atoms with Crippen molar-refractivity contribution >= 4 is 27.2 Å². The van der Waals surface area contributed by atoms with Crippen LogP contribution in [0, 0.1) is 0 Å². The van der Waals surface area contributed by atoms with Crippen LogP contribution in [0.3, 0.4) is 0 Å². The van der Waals surface area contributed by atoms with Gasteiger partial charge in [0.2, 0.25) is 4.96 Å². The fraction of sp³-hybridized carbons (Fsp3) is 0.105. The summed E-state index contributed by atoms with van der Waals surface area (Å²) in [5.41, 5.74) is 2.14. The lowest BCUT2D eigenvalue weighted by Crippen LogP contribution is -2.02. The van der Waals surface area contributed by atoms with Gasteiger partial charge >= 0.3 is 0 Å². The third-order valence-corrected chi connectivity index (χ3v) is 5.23. The van der Waals surface area contributed by atoms with Gasteiger partial charge in [-0.25, -0.2) is 0 Å². The lowest BCUT2D eigenvalue weighted by molar-refractivity contribution is 0.292. The molecule has 3 aromatic heterocycles. The average Bonchev–Trinajstić information content (AvgIpc) is 3.40. The highest BCUT2D eigenvalue weighted by Crippen LogP contribution is 2.31. The van der Waals surface area contributed by atoms with Crippen LogP contribution in [0.4, 0.5) is 0 Å². The van der Waals surface area contributed by atoms with Gasteiger partial charge in [-0.05, 0) is 30.3 Å². The molecule has 1 N–H and O–H groups in total. The van der Waals surface area contributed by atoms with Gasteiger partial charge in [-0.2, -0.15) is 9.61 Å². The van der Waals surface area contributed by atoms with E-state index < -0.39 is 0 Å². The fourth-order valence-corrected chi connectivity index (χ4v) is 3.81. The van der Waals surface area contributed by atoms with Crippen molar-refractivity contribution in [1.82, 2.24) is 24.8 Å². The third-order valence-electron chi connectivity index (χ3n) is 4.30. The van der Waals surface area contributed by atoms with Gasteiger partial charge < -0.3 is 14.5 Å². The standard InChI is InChI=1S/C19H15N5O2S/c1-25-12-6-8-13(9-7-12)26-11-17-21-22-19-24(17)23-18(27-19)15-10-20-16-5-3-2-4-14(15)16/h2-10,20H,11H2,1H3. The second-order valence-corrected chi connectivity index (χ2v) is 6.89. The van der Waals surface area contributed by atoms with Gasteiger partial charge in [0.15, 0.2) is 5.82 Å². The molecule has 0 aliphatic carbocycles. The minimum atomic E-state index is 0.282. The molecule has 0 unspecified atom stereocenters. The molecule has 0 aliphatic rings. The van der Waals surface area contributed by atoms with Crippen LogP contribution in [-0.4, -0.2) is 31.9 Å². The van der Waals surface area contributed by atoms with Crippen molar-refractivity contribution in [2.45, 2.75) is 6.61 Å². The number of H-pyrrole nitrogens is 1. The molecule has 0 fully saturated rings. The van der Waals surface area contributed by atoms with E-state index in [-0.39, 0.29) is 6.61 Å². The molecular formula is C19H15N5O2S. The number of hydrogen-bond acceptors (Lipinski definition) is 6. The first-order valence-corrected chi connectivity index (χ1v) is 9.18. The monoisotopic (exact) mass is 377 g/mol. The Labute approximate surface area is 158 Å². The predicted octanol–water partition coefficient (Wildman–Crippen LogP) is 3.92. The summed E-state index contributed by atoms with van der Waals surface area (Å²) in [6.45, 7) is 0.282. The quantitative estimate of drug-likeness (QED) is 0.502. The van der Waals surface area contributed by atoms with Crippen molar-refractivity contribution in [1.29, 1.82) is 0 Å². The van der Waals surface area contributed by atoms with Crippen LogP contribution in [0.5, 0.6) is 11.5 Å². The van der Waals surface area contributed by atoms with E-state index in [1.165, 1.54) is 11.3 Å². The van der Waals surface area contributed by atoms with Crippen molar-refractivity contribution in [3.8, 4) is 22.1 Å². The molecule has 0 saturated carbocycles. The first-order valence-electron chi connectivity index (χ1n) is 8.36. The maximum atomic E-state index is 5.81. The second-order valence-electron chi connectivity index (χ2n) is 5.93. The van der Waals surface area contributed by atoms with Gasteiger partial charge in [0.1, 0.15) is 23.1 Å². The number of para-hydroxylation sites is 1. The maximum absolute atomic E-state index is 5.81. The first-order chi connectivity index (χ1) is 13.3. The topological polar surface area (TPSA) is 77.3 Å². The van der Waals surface area contributed by atoms with E-state index in [9.17, 15) is 0 Å². The highest BCUT2D eigenvalue weighted by atomic mass is 32.1. The van der Waals surface area contributed by atoms with Gasteiger partial charge in [0.05, 0.1) is 7.11 Å². The van der Waals surface area contributed by atoms with E-state index in [2.05, 4.69) is 21.2 Å². The van der Waals surface area contributed by atoms with Crippen LogP contribution in [0.15, 0.2) is 54.7 Å². The zero-order valence-electron chi connectivity index (χ0n) is 14.4. The molecule has 7 nitrogen and oxygen atoms in total. The smallest absolute Gasteiger partial charge is 0.235 e. The van der Waals surface area contributed by atoms with Crippen LogP contribution in [0.2, 0.25) is 0 Å². The number of aromatic amines is 1. The molecule has 27 heavy (non-hydrogen) atoms. The molecular weight excluding hydrogens is 362 g/mol. The van der Waals surface area contributed by atoms with Crippen LogP contribution in [0.25, 0.3) is 26.4 Å². The number of ether oxygens (including phenoxy) is 2. The summed E-state index contributed by atoms with van der Waals surface area (Å²) in [4.78, 5) is 4.02. The zero-order chi connectivity index (χ0) is 18.2. The maximum Gasteiger partial charge on any atom is 0.235 e. The highest BCUT2D eigenvalue weighted by Gasteiger charge is 2.16. The lowest BCUT2D eigenvalue weighted by atomic mass is 10.2. The third kappa shape index (κ3) is 2.80. The summed E-state index contributed by atoms with van der Waals surface area (Å²) in [5, 5.41) is 15.1. The Balaban J connectivity index is 1.43. The summed E-state index contributed by atoms with van der Waals surface area (Å²) in [7, 11) is 1.64. The normalized spacial score (nSPS) is 11.3. The van der Waals surface area contributed by atoms with Gasteiger partial charge in [0, 0.05) is 22.7 Å². The summed E-state index contributed by atoms with van der Waals surface area (Å²) in [6, 6.07) is 15.6.